The van der Waals surface area contributed by atoms with Crippen molar-refractivity contribution < 1.29 is 14.4 Å². The van der Waals surface area contributed by atoms with Gasteiger partial charge in [0, 0.05) is 30.8 Å². The van der Waals surface area contributed by atoms with E-state index in [1.54, 1.807) is 29.2 Å². The molecule has 3 N–H and O–H groups in total. The number of piperidine rings is 1. The van der Waals surface area contributed by atoms with Gasteiger partial charge in [-0.05, 0) is 30.5 Å². The van der Waals surface area contributed by atoms with Gasteiger partial charge in [-0.25, -0.2) is 4.98 Å². The van der Waals surface area contributed by atoms with Crippen LogP contribution in [0.1, 0.15) is 39.5 Å². The summed E-state index contributed by atoms with van der Waals surface area (Å²) >= 11 is 1.54. The third-order valence-corrected chi connectivity index (χ3v) is 6.65. The summed E-state index contributed by atoms with van der Waals surface area (Å²) in [4.78, 5) is 43.4. The van der Waals surface area contributed by atoms with Crippen molar-refractivity contribution in [1.29, 1.82) is 0 Å². The summed E-state index contributed by atoms with van der Waals surface area (Å²) in [5.74, 6) is -0.885. The first kappa shape index (κ1) is 22.7. The van der Waals surface area contributed by atoms with Gasteiger partial charge < -0.3 is 16.0 Å². The Morgan fingerprint density at radius 2 is 1.73 bits per heavy atom. The first-order chi connectivity index (χ1) is 16.0. The summed E-state index contributed by atoms with van der Waals surface area (Å²) in [6, 6.07) is 17.1. The van der Waals surface area contributed by atoms with Crippen LogP contribution in [-0.4, -0.2) is 40.7 Å². The molecule has 1 aromatic heterocycles. The maximum Gasteiger partial charge on any atom is 0.255 e. The smallest absolute Gasteiger partial charge is 0.255 e. The molecule has 0 aliphatic carbocycles. The van der Waals surface area contributed by atoms with Crippen molar-refractivity contribution >= 4 is 34.7 Å². The Balaban J connectivity index is 1.37. The van der Waals surface area contributed by atoms with Crippen molar-refractivity contribution in [2.45, 2.75) is 25.7 Å². The van der Waals surface area contributed by atoms with E-state index in [0.717, 1.165) is 11.4 Å². The Hall–Kier alpha value is -3.52. The predicted octanol–water partition coefficient (Wildman–Crippen LogP) is 3.25. The van der Waals surface area contributed by atoms with E-state index in [9.17, 15) is 14.4 Å². The molecule has 8 heteroatoms. The summed E-state index contributed by atoms with van der Waals surface area (Å²) in [6.07, 6.45) is 1.99. The summed E-state index contributed by atoms with van der Waals surface area (Å²) in [7, 11) is 0. The van der Waals surface area contributed by atoms with Crippen molar-refractivity contribution in [2.24, 2.45) is 11.7 Å². The molecule has 1 fully saturated rings. The fourth-order valence-corrected chi connectivity index (χ4v) is 4.78. The number of nitrogens with two attached hydrogens (primary N) is 1. The van der Waals surface area contributed by atoms with E-state index in [0.29, 0.717) is 42.9 Å². The van der Waals surface area contributed by atoms with Gasteiger partial charge in [0.05, 0.1) is 28.4 Å². The van der Waals surface area contributed by atoms with Gasteiger partial charge in [-0.15, -0.1) is 11.3 Å². The summed E-state index contributed by atoms with van der Waals surface area (Å²) < 4.78 is 0. The van der Waals surface area contributed by atoms with Crippen LogP contribution in [0.4, 0.5) is 5.69 Å². The predicted molar refractivity (Wildman–Crippen MR) is 128 cm³/mol. The van der Waals surface area contributed by atoms with Crippen molar-refractivity contribution in [3.05, 3.63) is 81.8 Å². The van der Waals surface area contributed by atoms with Crippen LogP contribution < -0.4 is 11.1 Å². The number of nitrogens with one attached hydrogen (secondary N) is 1. The average molecular weight is 463 g/mol. The molecule has 0 atom stereocenters. The Labute approximate surface area is 196 Å². The van der Waals surface area contributed by atoms with E-state index in [1.165, 1.54) is 16.9 Å². The van der Waals surface area contributed by atoms with Crippen LogP contribution in [0.5, 0.6) is 0 Å². The zero-order valence-electron chi connectivity index (χ0n) is 18.2. The fourth-order valence-electron chi connectivity index (χ4n) is 3.96. The topological polar surface area (TPSA) is 105 Å². The lowest BCUT2D eigenvalue weighted by Crippen LogP contribution is -2.42. The number of nitrogens with zero attached hydrogens (tertiary/aromatic N) is 2. The molecule has 2 aromatic carbocycles. The molecule has 3 amide bonds. The number of hydrogen-bond acceptors (Lipinski definition) is 5. The molecule has 3 aromatic rings. The highest BCUT2D eigenvalue weighted by Gasteiger charge is 2.27. The monoisotopic (exact) mass is 462 g/mol. The lowest BCUT2D eigenvalue weighted by molar-refractivity contribution is -0.123. The van der Waals surface area contributed by atoms with E-state index < -0.39 is 0 Å². The number of carbonyl (C=O) groups excluding carboxylic acids is 3. The molecule has 0 radical (unpaired) electrons. The minimum absolute atomic E-state index is 0.137. The summed E-state index contributed by atoms with van der Waals surface area (Å²) in [6.45, 7) is 0.940. The molecular weight excluding hydrogens is 436 g/mol. The third kappa shape index (κ3) is 5.84. The number of hydrogen-bond donors (Lipinski definition) is 2. The molecule has 170 valence electrons. The quantitative estimate of drug-likeness (QED) is 0.562. The molecule has 1 aliphatic rings. The number of para-hydroxylation sites is 1. The number of likely N-dealkylation sites (tertiary alicyclic amines) is 1. The molecule has 2 heterocycles. The van der Waals surface area contributed by atoms with Gasteiger partial charge in [0.1, 0.15) is 0 Å². The molecule has 0 unspecified atom stereocenters. The van der Waals surface area contributed by atoms with Gasteiger partial charge in [-0.2, -0.15) is 0 Å². The second kappa shape index (κ2) is 10.4. The Morgan fingerprint density at radius 1 is 1.03 bits per heavy atom. The second-order valence-electron chi connectivity index (χ2n) is 8.13. The molecule has 7 nitrogen and oxygen atoms in total. The molecule has 1 saturated heterocycles. The Morgan fingerprint density at radius 3 is 2.45 bits per heavy atom. The van der Waals surface area contributed by atoms with Crippen LogP contribution in [0.15, 0.2) is 60.0 Å². The SMILES string of the molecule is NC(=O)C1CCN(C(=O)c2ccccc2NC(=O)Cc2csc(Cc3ccccc3)n2)CC1. The maximum absolute atomic E-state index is 13.1. The van der Waals surface area contributed by atoms with Crippen LogP contribution in [0.3, 0.4) is 0 Å². The zero-order valence-corrected chi connectivity index (χ0v) is 19.0. The van der Waals surface area contributed by atoms with E-state index in [1.807, 2.05) is 23.6 Å². The number of primary amides is 1. The second-order valence-corrected chi connectivity index (χ2v) is 9.08. The molecule has 0 bridgehead atoms. The third-order valence-electron chi connectivity index (χ3n) is 5.76. The molecular formula is C25H26N4O3S. The van der Waals surface area contributed by atoms with Gasteiger partial charge in [0.15, 0.2) is 0 Å². The molecule has 4 rings (SSSR count). The van der Waals surface area contributed by atoms with E-state index in [4.69, 9.17) is 5.73 Å². The van der Waals surface area contributed by atoms with E-state index in [2.05, 4.69) is 22.4 Å². The van der Waals surface area contributed by atoms with Crippen LogP contribution in [-0.2, 0) is 22.4 Å². The van der Waals surface area contributed by atoms with Crippen molar-refractivity contribution in [2.75, 3.05) is 18.4 Å². The Bertz CT molecular complexity index is 1140. The highest BCUT2D eigenvalue weighted by atomic mass is 32.1. The summed E-state index contributed by atoms with van der Waals surface area (Å²) in [5.41, 5.74) is 8.19. The normalized spacial score (nSPS) is 14.1. The minimum Gasteiger partial charge on any atom is -0.369 e. The highest BCUT2D eigenvalue weighted by Crippen LogP contribution is 2.23. The number of thiazole rings is 1. The van der Waals surface area contributed by atoms with Crippen LogP contribution in [0.25, 0.3) is 0 Å². The minimum atomic E-state index is -0.316. The van der Waals surface area contributed by atoms with Crippen molar-refractivity contribution in [1.82, 2.24) is 9.88 Å². The number of amides is 3. The van der Waals surface area contributed by atoms with Gasteiger partial charge in [0.25, 0.3) is 5.91 Å². The molecule has 1 aliphatic heterocycles. The molecule has 0 spiro atoms. The van der Waals surface area contributed by atoms with Gasteiger partial charge in [0.2, 0.25) is 11.8 Å². The first-order valence-corrected chi connectivity index (χ1v) is 11.8. The number of carbonyl (C=O) groups is 3. The average Bonchev–Trinajstić information content (AvgIpc) is 3.26. The van der Waals surface area contributed by atoms with E-state index >= 15 is 0 Å². The van der Waals surface area contributed by atoms with Crippen molar-refractivity contribution in [3.63, 3.8) is 0 Å². The van der Waals surface area contributed by atoms with E-state index in [-0.39, 0.29) is 30.1 Å². The number of anilines is 1. The zero-order chi connectivity index (χ0) is 23.2. The fraction of sp³-hybridized carbons (Fsp3) is 0.280. The molecule has 0 saturated carbocycles. The van der Waals surface area contributed by atoms with Gasteiger partial charge >= 0.3 is 0 Å². The van der Waals surface area contributed by atoms with Crippen LogP contribution >= 0.6 is 11.3 Å². The van der Waals surface area contributed by atoms with Crippen LogP contribution in [0.2, 0.25) is 0 Å². The van der Waals surface area contributed by atoms with Crippen molar-refractivity contribution in [3.8, 4) is 0 Å². The largest absolute Gasteiger partial charge is 0.369 e. The highest BCUT2D eigenvalue weighted by molar-refractivity contribution is 7.09. The number of aromatic nitrogens is 1. The number of benzene rings is 2. The summed E-state index contributed by atoms with van der Waals surface area (Å²) in [5, 5.41) is 5.73. The van der Waals surface area contributed by atoms with Gasteiger partial charge in [-0.1, -0.05) is 42.5 Å². The van der Waals surface area contributed by atoms with Crippen LogP contribution in [0, 0.1) is 5.92 Å². The maximum atomic E-state index is 13.1. The number of rotatable bonds is 7. The van der Waals surface area contributed by atoms with Gasteiger partial charge in [-0.3, -0.25) is 14.4 Å². The Kier molecular flexibility index (Phi) is 7.14. The molecule has 33 heavy (non-hydrogen) atoms. The lowest BCUT2D eigenvalue weighted by Gasteiger charge is -2.31. The first-order valence-electron chi connectivity index (χ1n) is 10.9. The lowest BCUT2D eigenvalue weighted by atomic mass is 9.95. The standard InChI is InChI=1S/C25H26N4O3S/c26-24(31)18-10-12-29(13-11-18)25(32)20-8-4-5-9-21(20)28-22(30)15-19-16-33-23(27-19)14-17-6-2-1-3-7-17/h1-9,16,18H,10-15H2,(H2,26,31)(H,28,30).